The molecule has 1 aromatic carbocycles. The first-order chi connectivity index (χ1) is 8.93. The quantitative estimate of drug-likeness (QED) is 0.894. The summed E-state index contributed by atoms with van der Waals surface area (Å²) < 4.78 is 5.61. The average molecular weight is 240 g/mol. The molecule has 3 rings (SSSR count). The molecule has 2 aromatic rings. The van der Waals surface area contributed by atoms with Gasteiger partial charge >= 0.3 is 0 Å². The van der Waals surface area contributed by atoms with Gasteiger partial charge in [0.1, 0.15) is 0 Å². The van der Waals surface area contributed by atoms with Gasteiger partial charge < -0.3 is 10.1 Å². The Hall–Kier alpha value is -1.71. The highest BCUT2D eigenvalue weighted by molar-refractivity contribution is 5.31. The number of nitrogens with zero attached hydrogens (tertiary/aromatic N) is 1. The number of rotatable bonds is 3. The number of fused-ring (bicyclic) bond motifs is 1. The van der Waals surface area contributed by atoms with Gasteiger partial charge in [-0.05, 0) is 23.3 Å². The summed E-state index contributed by atoms with van der Waals surface area (Å²) in [7, 11) is 0. The molecule has 0 radical (unpaired) electrons. The summed E-state index contributed by atoms with van der Waals surface area (Å²) in [4.78, 5) is 4.32. The van der Waals surface area contributed by atoms with Crippen LogP contribution in [0, 0.1) is 0 Å². The zero-order valence-corrected chi connectivity index (χ0v) is 10.2. The van der Waals surface area contributed by atoms with Crippen molar-refractivity contribution < 1.29 is 4.74 Å². The topological polar surface area (TPSA) is 34.1 Å². The maximum absolute atomic E-state index is 5.61. The molecule has 1 unspecified atom stereocenters. The molecule has 2 heterocycles. The lowest BCUT2D eigenvalue weighted by Gasteiger charge is -2.26. The molecular weight excluding hydrogens is 224 g/mol. The SMILES string of the molecule is c1ccc(CNC2COCc3ccccc32)nc1. The Bertz CT molecular complexity index is 513. The molecule has 18 heavy (non-hydrogen) atoms. The van der Waals surface area contributed by atoms with E-state index in [0.717, 1.165) is 25.5 Å². The van der Waals surface area contributed by atoms with Crippen LogP contribution in [0.2, 0.25) is 0 Å². The zero-order valence-electron chi connectivity index (χ0n) is 10.2. The molecule has 0 saturated heterocycles. The third-order valence-corrected chi connectivity index (χ3v) is 3.23. The highest BCUT2D eigenvalue weighted by Gasteiger charge is 2.19. The smallest absolute Gasteiger partial charge is 0.0721 e. The van der Waals surface area contributed by atoms with Gasteiger partial charge in [0.05, 0.1) is 24.9 Å². The minimum absolute atomic E-state index is 0.261. The van der Waals surface area contributed by atoms with Crippen LogP contribution in [0.4, 0.5) is 0 Å². The van der Waals surface area contributed by atoms with Crippen molar-refractivity contribution in [1.29, 1.82) is 0 Å². The number of hydrogen-bond donors (Lipinski definition) is 1. The second-order valence-electron chi connectivity index (χ2n) is 4.47. The fourth-order valence-corrected chi connectivity index (χ4v) is 2.28. The van der Waals surface area contributed by atoms with Crippen molar-refractivity contribution in [1.82, 2.24) is 10.3 Å². The highest BCUT2D eigenvalue weighted by Crippen LogP contribution is 2.24. The number of hydrogen-bond acceptors (Lipinski definition) is 3. The van der Waals surface area contributed by atoms with Crippen LogP contribution in [-0.4, -0.2) is 11.6 Å². The normalized spacial score (nSPS) is 18.3. The van der Waals surface area contributed by atoms with Gasteiger partial charge in [-0.3, -0.25) is 4.98 Å². The third-order valence-electron chi connectivity index (χ3n) is 3.23. The standard InChI is InChI=1S/C15H16N2O/c1-2-7-14-12(5-1)10-18-11-15(14)17-9-13-6-3-4-8-16-13/h1-8,15,17H,9-11H2. The number of aromatic nitrogens is 1. The minimum atomic E-state index is 0.261. The Kier molecular flexibility index (Phi) is 3.35. The van der Waals surface area contributed by atoms with Gasteiger partial charge in [0.15, 0.2) is 0 Å². The lowest BCUT2D eigenvalue weighted by atomic mass is 9.99. The molecule has 0 bridgehead atoms. The highest BCUT2D eigenvalue weighted by atomic mass is 16.5. The molecule has 1 aromatic heterocycles. The Morgan fingerprint density at radius 2 is 2.06 bits per heavy atom. The lowest BCUT2D eigenvalue weighted by molar-refractivity contribution is 0.0816. The summed E-state index contributed by atoms with van der Waals surface area (Å²) in [5, 5.41) is 3.51. The first-order valence-corrected chi connectivity index (χ1v) is 6.22. The van der Waals surface area contributed by atoms with Crippen LogP contribution in [0.3, 0.4) is 0 Å². The molecule has 3 nitrogen and oxygen atoms in total. The number of benzene rings is 1. The van der Waals surface area contributed by atoms with E-state index in [-0.39, 0.29) is 6.04 Å². The molecule has 1 N–H and O–H groups in total. The second-order valence-corrected chi connectivity index (χ2v) is 4.47. The van der Waals surface area contributed by atoms with Crippen LogP contribution in [0.25, 0.3) is 0 Å². The van der Waals surface area contributed by atoms with Gasteiger partial charge in [0, 0.05) is 12.7 Å². The zero-order chi connectivity index (χ0) is 12.2. The largest absolute Gasteiger partial charge is 0.375 e. The van der Waals surface area contributed by atoms with E-state index in [2.05, 4.69) is 34.6 Å². The van der Waals surface area contributed by atoms with Crippen molar-refractivity contribution >= 4 is 0 Å². The molecule has 0 fully saturated rings. The summed E-state index contributed by atoms with van der Waals surface area (Å²) in [6.45, 7) is 2.21. The Morgan fingerprint density at radius 3 is 2.94 bits per heavy atom. The fraction of sp³-hybridized carbons (Fsp3) is 0.267. The van der Waals surface area contributed by atoms with Crippen LogP contribution in [0.1, 0.15) is 22.9 Å². The first-order valence-electron chi connectivity index (χ1n) is 6.22. The Balaban J connectivity index is 1.71. The van der Waals surface area contributed by atoms with E-state index in [1.807, 2.05) is 24.4 Å². The molecule has 3 heteroatoms. The van der Waals surface area contributed by atoms with E-state index >= 15 is 0 Å². The van der Waals surface area contributed by atoms with E-state index < -0.39 is 0 Å². The van der Waals surface area contributed by atoms with Crippen LogP contribution < -0.4 is 5.32 Å². The fourth-order valence-electron chi connectivity index (χ4n) is 2.28. The monoisotopic (exact) mass is 240 g/mol. The molecule has 1 aliphatic heterocycles. The van der Waals surface area contributed by atoms with Crippen LogP contribution >= 0.6 is 0 Å². The summed E-state index contributed by atoms with van der Waals surface area (Å²) in [6.07, 6.45) is 1.82. The third kappa shape index (κ3) is 2.42. The van der Waals surface area contributed by atoms with E-state index in [0.29, 0.717) is 0 Å². The molecule has 1 atom stereocenters. The average Bonchev–Trinajstić information content (AvgIpc) is 2.46. The molecule has 0 amide bonds. The molecule has 1 aliphatic rings. The number of nitrogens with one attached hydrogen (secondary N) is 1. The lowest BCUT2D eigenvalue weighted by Crippen LogP contribution is -2.29. The van der Waals surface area contributed by atoms with Gasteiger partial charge in [-0.25, -0.2) is 0 Å². The van der Waals surface area contributed by atoms with Crippen molar-refractivity contribution in [2.75, 3.05) is 6.61 Å². The second kappa shape index (κ2) is 5.29. The van der Waals surface area contributed by atoms with Crippen LogP contribution in [-0.2, 0) is 17.9 Å². The van der Waals surface area contributed by atoms with Gasteiger partial charge in [-0.2, -0.15) is 0 Å². The molecule has 0 saturated carbocycles. The maximum atomic E-state index is 5.61. The van der Waals surface area contributed by atoms with E-state index in [4.69, 9.17) is 4.74 Å². The van der Waals surface area contributed by atoms with Crippen molar-refractivity contribution in [2.24, 2.45) is 0 Å². The van der Waals surface area contributed by atoms with E-state index in [9.17, 15) is 0 Å². The summed E-state index contributed by atoms with van der Waals surface area (Å²) in [5.41, 5.74) is 3.68. The molecule has 0 aliphatic carbocycles. The number of pyridine rings is 1. The predicted octanol–water partition coefficient (Wildman–Crippen LogP) is 2.44. The number of ether oxygens (including phenoxy) is 1. The molecular formula is C15H16N2O. The summed E-state index contributed by atoms with van der Waals surface area (Å²) in [5.74, 6) is 0. The predicted molar refractivity (Wildman–Crippen MR) is 69.9 cm³/mol. The maximum Gasteiger partial charge on any atom is 0.0721 e. The van der Waals surface area contributed by atoms with Gasteiger partial charge in [-0.15, -0.1) is 0 Å². The molecule has 92 valence electrons. The summed E-state index contributed by atoms with van der Waals surface area (Å²) >= 11 is 0. The van der Waals surface area contributed by atoms with E-state index in [1.165, 1.54) is 11.1 Å². The van der Waals surface area contributed by atoms with Gasteiger partial charge in [0.2, 0.25) is 0 Å². The Labute approximate surface area is 107 Å². The summed E-state index contributed by atoms with van der Waals surface area (Å²) in [6, 6.07) is 14.7. The molecule has 0 spiro atoms. The first kappa shape index (κ1) is 11.4. The van der Waals surface area contributed by atoms with Gasteiger partial charge in [-0.1, -0.05) is 30.3 Å². The Morgan fingerprint density at radius 1 is 1.17 bits per heavy atom. The van der Waals surface area contributed by atoms with Gasteiger partial charge in [0.25, 0.3) is 0 Å². The van der Waals surface area contributed by atoms with Crippen molar-refractivity contribution in [3.63, 3.8) is 0 Å². The van der Waals surface area contributed by atoms with Crippen molar-refractivity contribution in [3.05, 3.63) is 65.5 Å². The van der Waals surface area contributed by atoms with Crippen molar-refractivity contribution in [3.8, 4) is 0 Å². The minimum Gasteiger partial charge on any atom is -0.375 e. The van der Waals surface area contributed by atoms with Crippen LogP contribution in [0.5, 0.6) is 0 Å². The van der Waals surface area contributed by atoms with Crippen molar-refractivity contribution in [2.45, 2.75) is 19.2 Å². The van der Waals surface area contributed by atoms with E-state index in [1.54, 1.807) is 0 Å². The van der Waals surface area contributed by atoms with Crippen LogP contribution in [0.15, 0.2) is 48.7 Å².